The Morgan fingerprint density at radius 2 is 1.90 bits per heavy atom. The lowest BCUT2D eigenvalue weighted by molar-refractivity contribution is -0.384. The topological polar surface area (TPSA) is 141 Å². The zero-order valence-corrected chi connectivity index (χ0v) is 11.1. The maximum atomic E-state index is 11.3. The standard InChI is InChI=1S/C12H16N4O4/c1-6(2)10(12(14)18)15-8-5-7(11(13)17)3-4-9(8)16(19)20/h3-6,10,15H,1-2H3,(H2,13,17)(H2,14,18). The van der Waals surface area contributed by atoms with Crippen molar-refractivity contribution in [2.45, 2.75) is 19.9 Å². The van der Waals surface area contributed by atoms with E-state index in [2.05, 4.69) is 5.32 Å². The number of nitrogens with zero attached hydrogens (tertiary/aromatic N) is 1. The molecule has 0 bridgehead atoms. The molecule has 0 aromatic heterocycles. The average Bonchev–Trinajstić information content (AvgIpc) is 2.34. The molecule has 0 radical (unpaired) electrons. The first-order valence-electron chi connectivity index (χ1n) is 5.88. The maximum absolute atomic E-state index is 11.3. The lowest BCUT2D eigenvalue weighted by Gasteiger charge is -2.20. The molecule has 1 rings (SSSR count). The van der Waals surface area contributed by atoms with E-state index in [1.165, 1.54) is 12.1 Å². The molecule has 1 aromatic rings. The van der Waals surface area contributed by atoms with E-state index in [0.717, 1.165) is 6.07 Å². The third-order valence-electron chi connectivity index (χ3n) is 2.76. The Morgan fingerprint density at radius 3 is 2.30 bits per heavy atom. The maximum Gasteiger partial charge on any atom is 0.292 e. The Kier molecular flexibility index (Phi) is 4.63. The average molecular weight is 280 g/mol. The molecular formula is C12H16N4O4. The number of nitro benzene ring substituents is 1. The highest BCUT2D eigenvalue weighted by molar-refractivity contribution is 5.95. The van der Waals surface area contributed by atoms with Crippen LogP contribution >= 0.6 is 0 Å². The molecule has 108 valence electrons. The molecule has 1 aromatic carbocycles. The van der Waals surface area contributed by atoms with E-state index in [4.69, 9.17) is 11.5 Å². The van der Waals surface area contributed by atoms with E-state index in [-0.39, 0.29) is 22.9 Å². The number of nitrogens with one attached hydrogen (secondary N) is 1. The first kappa shape index (κ1) is 15.4. The summed E-state index contributed by atoms with van der Waals surface area (Å²) >= 11 is 0. The second kappa shape index (κ2) is 6.00. The summed E-state index contributed by atoms with van der Waals surface area (Å²) in [6, 6.07) is 2.84. The van der Waals surface area contributed by atoms with E-state index < -0.39 is 22.8 Å². The molecule has 8 nitrogen and oxygen atoms in total. The Morgan fingerprint density at radius 1 is 1.30 bits per heavy atom. The summed E-state index contributed by atoms with van der Waals surface area (Å²) in [4.78, 5) is 32.8. The Bertz CT molecular complexity index is 556. The van der Waals surface area contributed by atoms with Gasteiger partial charge in [-0.3, -0.25) is 19.7 Å². The lowest BCUT2D eigenvalue weighted by Crippen LogP contribution is -2.39. The van der Waals surface area contributed by atoms with Crippen LogP contribution in [0.25, 0.3) is 0 Å². The van der Waals surface area contributed by atoms with Crippen LogP contribution in [0.1, 0.15) is 24.2 Å². The fraction of sp³-hybridized carbons (Fsp3) is 0.333. The first-order chi connectivity index (χ1) is 9.23. The van der Waals surface area contributed by atoms with Gasteiger partial charge in [-0.25, -0.2) is 0 Å². The number of rotatable bonds is 6. The van der Waals surface area contributed by atoms with Crippen molar-refractivity contribution in [1.82, 2.24) is 0 Å². The molecule has 0 saturated carbocycles. The van der Waals surface area contributed by atoms with E-state index in [0.29, 0.717) is 0 Å². The molecule has 8 heteroatoms. The summed E-state index contributed by atoms with van der Waals surface area (Å²) in [5, 5.41) is 13.7. The third-order valence-corrected chi connectivity index (χ3v) is 2.76. The van der Waals surface area contributed by atoms with Crippen molar-refractivity contribution in [3.8, 4) is 0 Å². The molecule has 1 unspecified atom stereocenters. The van der Waals surface area contributed by atoms with Gasteiger partial charge in [-0.1, -0.05) is 13.8 Å². The predicted molar refractivity (Wildman–Crippen MR) is 73.1 cm³/mol. The number of hydrogen-bond acceptors (Lipinski definition) is 5. The summed E-state index contributed by atoms with van der Waals surface area (Å²) in [6.07, 6.45) is 0. The molecule has 0 aliphatic heterocycles. The van der Waals surface area contributed by atoms with Gasteiger partial charge in [-0.05, 0) is 18.1 Å². The zero-order valence-electron chi connectivity index (χ0n) is 11.1. The molecule has 0 aliphatic rings. The van der Waals surface area contributed by atoms with Gasteiger partial charge in [0.15, 0.2) is 0 Å². The van der Waals surface area contributed by atoms with Crippen molar-refractivity contribution < 1.29 is 14.5 Å². The Hall–Kier alpha value is -2.64. The number of carbonyl (C=O) groups excluding carboxylic acids is 2. The van der Waals surface area contributed by atoms with Crippen LogP contribution in [0, 0.1) is 16.0 Å². The molecular weight excluding hydrogens is 264 g/mol. The summed E-state index contributed by atoms with van der Waals surface area (Å²) < 4.78 is 0. The van der Waals surface area contributed by atoms with Crippen molar-refractivity contribution in [1.29, 1.82) is 0 Å². The van der Waals surface area contributed by atoms with Gasteiger partial charge in [0.05, 0.1) is 4.92 Å². The van der Waals surface area contributed by atoms with Crippen LogP contribution in [0.2, 0.25) is 0 Å². The van der Waals surface area contributed by atoms with Crippen LogP contribution in [0.15, 0.2) is 18.2 Å². The van der Waals surface area contributed by atoms with Crippen molar-refractivity contribution in [3.63, 3.8) is 0 Å². The highest BCUT2D eigenvalue weighted by Crippen LogP contribution is 2.27. The zero-order chi connectivity index (χ0) is 15.4. The number of anilines is 1. The van der Waals surface area contributed by atoms with E-state index >= 15 is 0 Å². The highest BCUT2D eigenvalue weighted by atomic mass is 16.6. The van der Waals surface area contributed by atoms with Gasteiger partial charge < -0.3 is 16.8 Å². The number of carbonyl (C=O) groups is 2. The van der Waals surface area contributed by atoms with Crippen molar-refractivity contribution in [2.24, 2.45) is 17.4 Å². The highest BCUT2D eigenvalue weighted by Gasteiger charge is 2.24. The first-order valence-corrected chi connectivity index (χ1v) is 5.88. The van der Waals surface area contributed by atoms with Crippen molar-refractivity contribution >= 4 is 23.2 Å². The molecule has 0 fully saturated rings. The van der Waals surface area contributed by atoms with Crippen LogP contribution in [0.5, 0.6) is 0 Å². The number of nitrogens with two attached hydrogens (primary N) is 2. The summed E-state index contributed by atoms with van der Waals surface area (Å²) in [6.45, 7) is 3.48. The fourth-order valence-electron chi connectivity index (χ4n) is 1.70. The minimum atomic E-state index is -0.795. The fourth-order valence-corrected chi connectivity index (χ4v) is 1.70. The molecule has 0 aliphatic carbocycles. The summed E-state index contributed by atoms with van der Waals surface area (Å²) in [5.41, 5.74) is 10.2. The monoisotopic (exact) mass is 280 g/mol. The van der Waals surface area contributed by atoms with Crippen LogP contribution in [0.3, 0.4) is 0 Å². The van der Waals surface area contributed by atoms with Gasteiger partial charge in [-0.2, -0.15) is 0 Å². The third kappa shape index (κ3) is 3.44. The largest absolute Gasteiger partial charge is 0.368 e. The molecule has 2 amide bonds. The number of nitro groups is 1. The van der Waals surface area contributed by atoms with Crippen LogP contribution in [-0.2, 0) is 4.79 Å². The van der Waals surface area contributed by atoms with Gasteiger partial charge in [0.25, 0.3) is 5.69 Å². The van der Waals surface area contributed by atoms with E-state index in [1.807, 2.05) is 0 Å². The number of benzene rings is 1. The SMILES string of the molecule is CC(C)C(Nc1cc(C(N)=O)ccc1[N+](=O)[O-])C(N)=O. The van der Waals surface area contributed by atoms with Gasteiger partial charge in [-0.15, -0.1) is 0 Å². The molecule has 1 atom stereocenters. The minimum absolute atomic E-state index is 0.0313. The number of hydrogen-bond donors (Lipinski definition) is 3. The Labute approximate surface area is 115 Å². The van der Waals surface area contributed by atoms with Crippen LogP contribution in [-0.4, -0.2) is 22.8 Å². The van der Waals surface area contributed by atoms with Crippen molar-refractivity contribution in [2.75, 3.05) is 5.32 Å². The molecule has 0 saturated heterocycles. The van der Waals surface area contributed by atoms with Gasteiger partial charge >= 0.3 is 0 Å². The van der Waals surface area contributed by atoms with Crippen LogP contribution in [0.4, 0.5) is 11.4 Å². The van der Waals surface area contributed by atoms with Gasteiger partial charge in [0, 0.05) is 11.6 Å². The van der Waals surface area contributed by atoms with E-state index in [1.54, 1.807) is 13.8 Å². The predicted octanol–water partition coefficient (Wildman–Crippen LogP) is 0.615. The number of primary amides is 2. The van der Waals surface area contributed by atoms with Gasteiger partial charge in [0.2, 0.25) is 11.8 Å². The molecule has 0 spiro atoms. The quantitative estimate of drug-likeness (QED) is 0.517. The molecule has 0 heterocycles. The second-order valence-corrected chi connectivity index (χ2v) is 4.62. The summed E-state index contributed by atoms with van der Waals surface area (Å²) in [5.74, 6) is -1.54. The van der Waals surface area contributed by atoms with Crippen LogP contribution < -0.4 is 16.8 Å². The Balaban J connectivity index is 3.25. The van der Waals surface area contributed by atoms with E-state index in [9.17, 15) is 19.7 Å². The van der Waals surface area contributed by atoms with Gasteiger partial charge in [0.1, 0.15) is 11.7 Å². The second-order valence-electron chi connectivity index (χ2n) is 4.62. The lowest BCUT2D eigenvalue weighted by atomic mass is 10.0. The summed E-state index contributed by atoms with van der Waals surface area (Å²) in [7, 11) is 0. The number of amides is 2. The molecule has 20 heavy (non-hydrogen) atoms. The van der Waals surface area contributed by atoms with Crippen molar-refractivity contribution in [3.05, 3.63) is 33.9 Å². The smallest absolute Gasteiger partial charge is 0.292 e. The normalized spacial score (nSPS) is 11.9. The minimum Gasteiger partial charge on any atom is -0.368 e. The molecule has 5 N–H and O–H groups in total.